The molecule has 31 heavy (non-hydrogen) atoms. The number of nitrogens with one attached hydrogen (secondary N) is 1. The van der Waals surface area contributed by atoms with Gasteiger partial charge in [-0.25, -0.2) is 10.2 Å². The van der Waals surface area contributed by atoms with Crippen LogP contribution in [0.5, 0.6) is 11.5 Å². The van der Waals surface area contributed by atoms with E-state index < -0.39 is 11.9 Å². The van der Waals surface area contributed by atoms with Crippen LogP contribution in [0.2, 0.25) is 5.02 Å². The number of benzene rings is 3. The Morgan fingerprint density at radius 2 is 1.55 bits per heavy atom. The molecule has 3 aromatic carbocycles. The molecular formula is C24H19ClN2O4. The van der Waals surface area contributed by atoms with Gasteiger partial charge in [-0.05, 0) is 65.7 Å². The fourth-order valence-corrected chi connectivity index (χ4v) is 2.52. The molecule has 0 unspecified atom stereocenters. The molecule has 0 atom stereocenters. The number of halogens is 1. The van der Waals surface area contributed by atoms with Gasteiger partial charge in [-0.3, -0.25) is 4.79 Å². The molecule has 0 spiro atoms. The van der Waals surface area contributed by atoms with Crippen molar-refractivity contribution in [3.8, 4) is 11.5 Å². The number of carbonyl (C=O) groups is 2. The number of carbonyl (C=O) groups excluding carboxylic acids is 2. The van der Waals surface area contributed by atoms with Gasteiger partial charge < -0.3 is 9.47 Å². The molecule has 0 aliphatic carbocycles. The lowest BCUT2D eigenvalue weighted by Crippen LogP contribution is -2.24. The third kappa shape index (κ3) is 7.79. The fraction of sp³-hybridized carbons (Fsp3) is 0.0417. The molecule has 1 N–H and O–H groups in total. The van der Waals surface area contributed by atoms with E-state index in [-0.39, 0.29) is 6.61 Å². The summed E-state index contributed by atoms with van der Waals surface area (Å²) in [6, 6.07) is 22.9. The second-order valence-corrected chi connectivity index (χ2v) is 6.71. The molecule has 0 aliphatic heterocycles. The van der Waals surface area contributed by atoms with Crippen molar-refractivity contribution in [2.24, 2.45) is 5.10 Å². The Labute approximate surface area is 184 Å². The first-order chi connectivity index (χ1) is 15.1. The minimum atomic E-state index is -0.474. The van der Waals surface area contributed by atoms with Gasteiger partial charge in [0.2, 0.25) is 0 Å². The Balaban J connectivity index is 1.42. The molecule has 0 aliphatic rings. The third-order valence-electron chi connectivity index (χ3n) is 3.90. The summed E-state index contributed by atoms with van der Waals surface area (Å²) in [6.45, 7) is -0.176. The van der Waals surface area contributed by atoms with Crippen LogP contribution in [-0.4, -0.2) is 24.7 Å². The first-order valence-corrected chi connectivity index (χ1v) is 9.71. The van der Waals surface area contributed by atoms with Crippen LogP contribution < -0.4 is 14.9 Å². The van der Waals surface area contributed by atoms with Gasteiger partial charge in [-0.2, -0.15) is 5.10 Å². The Bertz CT molecular complexity index is 1060. The van der Waals surface area contributed by atoms with E-state index in [0.29, 0.717) is 16.5 Å². The first-order valence-electron chi connectivity index (χ1n) is 9.34. The number of hydrazone groups is 1. The van der Waals surface area contributed by atoms with Crippen molar-refractivity contribution in [1.29, 1.82) is 0 Å². The van der Waals surface area contributed by atoms with Crippen molar-refractivity contribution in [3.63, 3.8) is 0 Å². The molecule has 7 heteroatoms. The summed E-state index contributed by atoms with van der Waals surface area (Å²) < 4.78 is 10.6. The molecule has 156 valence electrons. The lowest BCUT2D eigenvalue weighted by Gasteiger charge is -2.04. The molecule has 0 radical (unpaired) electrons. The number of rotatable bonds is 8. The largest absolute Gasteiger partial charge is 0.484 e. The number of nitrogens with zero attached hydrogens (tertiary/aromatic N) is 1. The van der Waals surface area contributed by atoms with Gasteiger partial charge in [0.25, 0.3) is 5.91 Å². The molecule has 0 saturated heterocycles. The van der Waals surface area contributed by atoms with E-state index in [0.717, 1.165) is 11.1 Å². The van der Waals surface area contributed by atoms with Gasteiger partial charge >= 0.3 is 5.97 Å². The highest BCUT2D eigenvalue weighted by Crippen LogP contribution is 2.15. The Hall–Kier alpha value is -3.90. The average molecular weight is 435 g/mol. The predicted molar refractivity (Wildman–Crippen MR) is 120 cm³/mol. The average Bonchev–Trinajstić information content (AvgIpc) is 2.79. The highest BCUT2D eigenvalue weighted by atomic mass is 35.5. The number of ether oxygens (including phenoxy) is 2. The lowest BCUT2D eigenvalue weighted by atomic mass is 10.2. The Morgan fingerprint density at radius 1 is 0.871 bits per heavy atom. The number of hydrogen-bond donors (Lipinski definition) is 1. The predicted octanol–water partition coefficient (Wildman–Crippen LogP) is 4.49. The van der Waals surface area contributed by atoms with E-state index in [1.54, 1.807) is 54.6 Å². The summed E-state index contributed by atoms with van der Waals surface area (Å²) in [5, 5.41) is 4.47. The van der Waals surface area contributed by atoms with Crippen molar-refractivity contribution in [2.45, 2.75) is 0 Å². The van der Waals surface area contributed by atoms with E-state index in [2.05, 4.69) is 10.5 Å². The Kier molecular flexibility index (Phi) is 7.97. The molecule has 0 fully saturated rings. The molecular weight excluding hydrogens is 416 g/mol. The van der Waals surface area contributed by atoms with E-state index in [4.69, 9.17) is 21.1 Å². The molecule has 1 amide bonds. The summed E-state index contributed by atoms with van der Waals surface area (Å²) in [5.74, 6) is 0.0627. The van der Waals surface area contributed by atoms with Crippen LogP contribution in [0.25, 0.3) is 6.08 Å². The first kappa shape index (κ1) is 21.8. The zero-order chi connectivity index (χ0) is 21.9. The van der Waals surface area contributed by atoms with E-state index in [1.165, 1.54) is 12.3 Å². The van der Waals surface area contributed by atoms with Crippen LogP contribution in [0.1, 0.15) is 11.1 Å². The zero-order valence-electron chi connectivity index (χ0n) is 16.4. The maximum atomic E-state index is 11.9. The van der Waals surface area contributed by atoms with Crippen molar-refractivity contribution in [1.82, 2.24) is 5.43 Å². The second-order valence-electron chi connectivity index (χ2n) is 6.27. The summed E-state index contributed by atoms with van der Waals surface area (Å²) in [5.41, 5.74) is 4.01. The summed E-state index contributed by atoms with van der Waals surface area (Å²) in [6.07, 6.45) is 4.52. The maximum Gasteiger partial charge on any atom is 0.336 e. The fourth-order valence-electron chi connectivity index (χ4n) is 2.39. The van der Waals surface area contributed by atoms with Crippen molar-refractivity contribution in [2.75, 3.05) is 6.61 Å². The minimum Gasteiger partial charge on any atom is -0.484 e. The Morgan fingerprint density at radius 3 is 2.26 bits per heavy atom. The summed E-state index contributed by atoms with van der Waals surface area (Å²) in [4.78, 5) is 23.7. The number of hydrogen-bond acceptors (Lipinski definition) is 5. The standard InChI is InChI=1S/C24H19ClN2O4/c25-20-9-13-21(14-10-20)30-17-23(28)27-26-16-19-6-11-22(12-7-19)31-24(29)15-8-18-4-2-1-3-5-18/h1-16H,17H2,(H,27,28). The highest BCUT2D eigenvalue weighted by Gasteiger charge is 2.02. The summed E-state index contributed by atoms with van der Waals surface area (Å²) >= 11 is 5.79. The molecule has 3 aromatic rings. The molecule has 3 rings (SSSR count). The molecule has 6 nitrogen and oxygen atoms in total. The molecule has 0 heterocycles. The normalized spacial score (nSPS) is 10.9. The van der Waals surface area contributed by atoms with Gasteiger partial charge in [0.15, 0.2) is 6.61 Å². The second kappa shape index (κ2) is 11.3. The van der Waals surface area contributed by atoms with Crippen molar-refractivity contribution in [3.05, 3.63) is 101 Å². The zero-order valence-corrected chi connectivity index (χ0v) is 17.2. The van der Waals surface area contributed by atoms with Crippen LogP contribution >= 0.6 is 11.6 Å². The van der Waals surface area contributed by atoms with E-state index in [9.17, 15) is 9.59 Å². The van der Waals surface area contributed by atoms with Crippen LogP contribution in [0.15, 0.2) is 90.0 Å². The molecule has 0 bridgehead atoms. The monoisotopic (exact) mass is 434 g/mol. The third-order valence-corrected chi connectivity index (χ3v) is 4.15. The SMILES string of the molecule is O=C(COc1ccc(Cl)cc1)NN=Cc1ccc(OC(=O)C=Cc2ccccc2)cc1. The summed E-state index contributed by atoms with van der Waals surface area (Å²) in [7, 11) is 0. The van der Waals surface area contributed by atoms with Crippen molar-refractivity contribution < 1.29 is 19.1 Å². The van der Waals surface area contributed by atoms with E-state index in [1.807, 2.05) is 30.3 Å². The van der Waals surface area contributed by atoms with Gasteiger partial charge in [0, 0.05) is 11.1 Å². The van der Waals surface area contributed by atoms with Gasteiger partial charge in [0.1, 0.15) is 11.5 Å². The topological polar surface area (TPSA) is 77.0 Å². The molecule has 0 saturated carbocycles. The van der Waals surface area contributed by atoms with Crippen LogP contribution in [0.3, 0.4) is 0 Å². The van der Waals surface area contributed by atoms with Crippen LogP contribution in [0.4, 0.5) is 0 Å². The maximum absolute atomic E-state index is 11.9. The lowest BCUT2D eigenvalue weighted by molar-refractivity contribution is -0.129. The van der Waals surface area contributed by atoms with Gasteiger partial charge in [-0.15, -0.1) is 0 Å². The number of amides is 1. The number of esters is 1. The van der Waals surface area contributed by atoms with Gasteiger partial charge in [0.05, 0.1) is 6.21 Å². The minimum absolute atomic E-state index is 0.176. The van der Waals surface area contributed by atoms with Gasteiger partial charge in [-0.1, -0.05) is 41.9 Å². The highest BCUT2D eigenvalue weighted by molar-refractivity contribution is 6.30. The van der Waals surface area contributed by atoms with Crippen molar-refractivity contribution >= 4 is 35.8 Å². The smallest absolute Gasteiger partial charge is 0.336 e. The molecule has 0 aromatic heterocycles. The van der Waals surface area contributed by atoms with Crippen LogP contribution in [-0.2, 0) is 9.59 Å². The quantitative estimate of drug-likeness (QED) is 0.186. The van der Waals surface area contributed by atoms with E-state index >= 15 is 0 Å². The van der Waals surface area contributed by atoms with Crippen LogP contribution in [0, 0.1) is 0 Å².